The number of hydrogen-bond donors (Lipinski definition) is 0. The minimum Gasteiger partial charge on any atom is -0.375 e. The van der Waals surface area contributed by atoms with Crippen LogP contribution in [0.3, 0.4) is 0 Å². The molecular formula is C13H18O2. The highest BCUT2D eigenvalue weighted by molar-refractivity contribution is 5.13. The highest BCUT2D eigenvalue weighted by Gasteiger charge is 2.42. The van der Waals surface area contributed by atoms with Crippen LogP contribution in [0, 0.1) is 5.92 Å². The summed E-state index contributed by atoms with van der Waals surface area (Å²) in [5.41, 5.74) is 1.18. The van der Waals surface area contributed by atoms with E-state index in [0.717, 1.165) is 13.2 Å². The molecule has 0 radical (unpaired) electrons. The Labute approximate surface area is 91.2 Å². The van der Waals surface area contributed by atoms with Crippen LogP contribution in [0.5, 0.6) is 0 Å². The molecule has 0 atom stereocenters. The zero-order valence-corrected chi connectivity index (χ0v) is 9.40. The Hall–Kier alpha value is -0.860. The van der Waals surface area contributed by atoms with Gasteiger partial charge in [-0.05, 0) is 11.5 Å². The van der Waals surface area contributed by atoms with Gasteiger partial charge in [0.1, 0.15) is 5.60 Å². The second-order valence-electron chi connectivity index (χ2n) is 4.49. The van der Waals surface area contributed by atoms with E-state index in [1.165, 1.54) is 5.56 Å². The van der Waals surface area contributed by atoms with Gasteiger partial charge in [0.05, 0.1) is 19.8 Å². The summed E-state index contributed by atoms with van der Waals surface area (Å²) >= 11 is 0. The molecule has 2 rings (SSSR count). The van der Waals surface area contributed by atoms with Gasteiger partial charge < -0.3 is 9.47 Å². The van der Waals surface area contributed by atoms with Crippen LogP contribution in [-0.2, 0) is 16.1 Å². The summed E-state index contributed by atoms with van der Waals surface area (Å²) in [6.45, 7) is 6.53. The van der Waals surface area contributed by atoms with Gasteiger partial charge in [-0.15, -0.1) is 0 Å². The molecule has 1 heterocycles. The van der Waals surface area contributed by atoms with E-state index in [0.29, 0.717) is 12.5 Å². The number of rotatable bonds is 4. The maximum absolute atomic E-state index is 5.99. The molecule has 0 N–H and O–H groups in total. The van der Waals surface area contributed by atoms with E-state index in [4.69, 9.17) is 9.47 Å². The lowest BCUT2D eigenvalue weighted by Crippen LogP contribution is -2.55. The third-order valence-corrected chi connectivity index (χ3v) is 3.11. The maximum atomic E-state index is 5.99. The van der Waals surface area contributed by atoms with Gasteiger partial charge >= 0.3 is 0 Å². The van der Waals surface area contributed by atoms with Crippen LogP contribution in [0.1, 0.15) is 19.4 Å². The van der Waals surface area contributed by atoms with Crippen LogP contribution in [0.2, 0.25) is 0 Å². The van der Waals surface area contributed by atoms with Gasteiger partial charge in [0.15, 0.2) is 0 Å². The first-order chi connectivity index (χ1) is 7.23. The fourth-order valence-electron chi connectivity index (χ4n) is 1.69. The van der Waals surface area contributed by atoms with Crippen molar-refractivity contribution < 1.29 is 9.47 Å². The summed E-state index contributed by atoms with van der Waals surface area (Å²) in [7, 11) is 0. The van der Waals surface area contributed by atoms with E-state index in [1.807, 2.05) is 18.2 Å². The van der Waals surface area contributed by atoms with Crippen molar-refractivity contribution in [2.75, 3.05) is 13.2 Å². The topological polar surface area (TPSA) is 18.5 Å². The van der Waals surface area contributed by atoms with Gasteiger partial charge in [0, 0.05) is 0 Å². The van der Waals surface area contributed by atoms with E-state index in [2.05, 4.69) is 26.0 Å². The van der Waals surface area contributed by atoms with Crippen molar-refractivity contribution in [1.82, 2.24) is 0 Å². The zero-order chi connectivity index (χ0) is 10.7. The third-order valence-electron chi connectivity index (χ3n) is 3.11. The molecule has 0 unspecified atom stereocenters. The fourth-order valence-corrected chi connectivity index (χ4v) is 1.69. The molecule has 0 bridgehead atoms. The first-order valence-electron chi connectivity index (χ1n) is 5.48. The Kier molecular flexibility index (Phi) is 3.08. The molecule has 2 heteroatoms. The lowest BCUT2D eigenvalue weighted by Gasteiger charge is -2.44. The molecule has 0 aromatic heterocycles. The third kappa shape index (κ3) is 2.21. The van der Waals surface area contributed by atoms with Crippen LogP contribution in [0.25, 0.3) is 0 Å². The Balaban J connectivity index is 1.92. The summed E-state index contributed by atoms with van der Waals surface area (Å²) in [4.78, 5) is 0. The smallest absolute Gasteiger partial charge is 0.117 e. The minimum absolute atomic E-state index is 0.0458. The molecule has 1 fully saturated rings. The van der Waals surface area contributed by atoms with E-state index in [9.17, 15) is 0 Å². The molecule has 2 nitrogen and oxygen atoms in total. The molecule has 15 heavy (non-hydrogen) atoms. The Morgan fingerprint density at radius 3 is 2.40 bits per heavy atom. The summed E-state index contributed by atoms with van der Waals surface area (Å²) in [6.07, 6.45) is 0. The van der Waals surface area contributed by atoms with Gasteiger partial charge in [-0.25, -0.2) is 0 Å². The molecule has 0 spiro atoms. The highest BCUT2D eigenvalue weighted by Crippen LogP contribution is 2.31. The van der Waals surface area contributed by atoms with E-state index < -0.39 is 0 Å². The quantitative estimate of drug-likeness (QED) is 0.754. The normalized spacial score (nSPS) is 18.9. The number of hydrogen-bond acceptors (Lipinski definition) is 2. The summed E-state index contributed by atoms with van der Waals surface area (Å²) < 4.78 is 11.3. The zero-order valence-electron chi connectivity index (χ0n) is 9.40. The van der Waals surface area contributed by atoms with Gasteiger partial charge in [-0.1, -0.05) is 44.2 Å². The number of ether oxygens (including phenoxy) is 2. The molecule has 0 aliphatic carbocycles. The summed E-state index contributed by atoms with van der Waals surface area (Å²) in [5.74, 6) is 0.509. The average molecular weight is 206 g/mol. The minimum atomic E-state index is -0.0458. The Bertz CT molecular complexity index is 302. The molecule has 1 aromatic rings. The van der Waals surface area contributed by atoms with Crippen LogP contribution in [-0.4, -0.2) is 18.8 Å². The average Bonchev–Trinajstić information content (AvgIpc) is 2.17. The Morgan fingerprint density at radius 2 is 1.93 bits per heavy atom. The second kappa shape index (κ2) is 4.33. The first kappa shape index (κ1) is 10.7. The SMILES string of the molecule is CC(C)C1(OCc2ccccc2)COC1. The molecule has 82 valence electrons. The number of benzene rings is 1. The molecule has 1 aromatic carbocycles. The molecule has 0 amide bonds. The maximum Gasteiger partial charge on any atom is 0.117 e. The Morgan fingerprint density at radius 1 is 1.27 bits per heavy atom. The van der Waals surface area contributed by atoms with Crippen molar-refractivity contribution in [2.24, 2.45) is 5.92 Å². The predicted molar refractivity (Wildman–Crippen MR) is 59.6 cm³/mol. The van der Waals surface area contributed by atoms with Crippen LogP contribution in [0.15, 0.2) is 30.3 Å². The first-order valence-corrected chi connectivity index (χ1v) is 5.48. The monoisotopic (exact) mass is 206 g/mol. The van der Waals surface area contributed by atoms with E-state index in [-0.39, 0.29) is 5.60 Å². The van der Waals surface area contributed by atoms with Gasteiger partial charge in [0.25, 0.3) is 0 Å². The van der Waals surface area contributed by atoms with Gasteiger partial charge in [-0.3, -0.25) is 0 Å². The van der Waals surface area contributed by atoms with Crippen molar-refractivity contribution in [2.45, 2.75) is 26.1 Å². The van der Waals surface area contributed by atoms with Crippen molar-refractivity contribution >= 4 is 0 Å². The van der Waals surface area contributed by atoms with Gasteiger partial charge in [-0.2, -0.15) is 0 Å². The van der Waals surface area contributed by atoms with E-state index >= 15 is 0 Å². The molecule has 1 aliphatic rings. The van der Waals surface area contributed by atoms with Crippen LogP contribution < -0.4 is 0 Å². The fraction of sp³-hybridized carbons (Fsp3) is 0.538. The summed E-state index contributed by atoms with van der Waals surface area (Å²) in [6, 6.07) is 10.3. The largest absolute Gasteiger partial charge is 0.375 e. The van der Waals surface area contributed by atoms with Crippen molar-refractivity contribution in [3.05, 3.63) is 35.9 Å². The summed E-state index contributed by atoms with van der Waals surface area (Å²) in [5, 5.41) is 0. The lowest BCUT2D eigenvalue weighted by atomic mass is 9.88. The predicted octanol–water partition coefficient (Wildman–Crippen LogP) is 2.63. The lowest BCUT2D eigenvalue weighted by molar-refractivity contribution is -0.236. The van der Waals surface area contributed by atoms with Gasteiger partial charge in [0.2, 0.25) is 0 Å². The van der Waals surface area contributed by atoms with Crippen molar-refractivity contribution in [1.29, 1.82) is 0 Å². The van der Waals surface area contributed by atoms with Crippen molar-refractivity contribution in [3.8, 4) is 0 Å². The molecular weight excluding hydrogens is 188 g/mol. The van der Waals surface area contributed by atoms with Crippen LogP contribution >= 0.6 is 0 Å². The standard InChI is InChI=1S/C13H18O2/c1-11(2)13(9-14-10-13)15-8-12-6-4-3-5-7-12/h3-7,11H,8-10H2,1-2H3. The second-order valence-corrected chi connectivity index (χ2v) is 4.49. The van der Waals surface area contributed by atoms with Crippen molar-refractivity contribution in [3.63, 3.8) is 0 Å². The molecule has 1 aliphatic heterocycles. The molecule has 0 saturated carbocycles. The molecule has 1 saturated heterocycles. The van der Waals surface area contributed by atoms with Crippen LogP contribution in [0.4, 0.5) is 0 Å². The highest BCUT2D eigenvalue weighted by atomic mass is 16.6. The van der Waals surface area contributed by atoms with E-state index in [1.54, 1.807) is 0 Å².